The van der Waals surface area contributed by atoms with E-state index in [4.69, 9.17) is 0 Å². The first-order valence-electron chi connectivity index (χ1n) is 5.61. The summed E-state index contributed by atoms with van der Waals surface area (Å²) in [6, 6.07) is 0.483. The molecule has 3 nitrogen and oxygen atoms in total. The number of nitrogens with one attached hydrogen (secondary N) is 2. The third-order valence-corrected chi connectivity index (χ3v) is 3.14. The first-order valence-corrected chi connectivity index (χ1v) is 5.61. The minimum Gasteiger partial charge on any atom is -0.358 e. The van der Waals surface area contributed by atoms with Crippen molar-refractivity contribution >= 4 is 5.91 Å². The Kier molecular flexibility index (Phi) is 4.39. The molecule has 1 amide bonds. The van der Waals surface area contributed by atoms with Gasteiger partial charge in [-0.3, -0.25) is 4.79 Å². The number of carbonyl (C=O) groups excluding carboxylic acids is 1. The second-order valence-electron chi connectivity index (χ2n) is 4.46. The molecule has 0 bridgehead atoms. The van der Waals surface area contributed by atoms with Crippen LogP contribution in [0.5, 0.6) is 0 Å². The summed E-state index contributed by atoms with van der Waals surface area (Å²) in [7, 11) is 1.68. The van der Waals surface area contributed by atoms with E-state index >= 15 is 0 Å². The molecule has 1 aliphatic rings. The third-order valence-electron chi connectivity index (χ3n) is 3.14. The van der Waals surface area contributed by atoms with Gasteiger partial charge in [0, 0.05) is 13.1 Å². The van der Waals surface area contributed by atoms with Crippen molar-refractivity contribution in [3.05, 3.63) is 0 Å². The Balaban J connectivity index is 2.27. The van der Waals surface area contributed by atoms with Crippen LogP contribution in [-0.2, 0) is 4.79 Å². The van der Waals surface area contributed by atoms with Crippen LogP contribution in [0.4, 0.5) is 0 Å². The van der Waals surface area contributed by atoms with E-state index in [0.29, 0.717) is 6.04 Å². The average molecular weight is 198 g/mol. The predicted octanol–water partition coefficient (Wildman–Crippen LogP) is 1.29. The predicted molar refractivity (Wildman–Crippen MR) is 58.1 cm³/mol. The molecule has 0 aromatic carbocycles. The zero-order valence-electron chi connectivity index (χ0n) is 9.47. The fourth-order valence-electron chi connectivity index (χ4n) is 2.07. The molecule has 82 valence electrons. The summed E-state index contributed by atoms with van der Waals surface area (Å²) >= 11 is 0. The average Bonchev–Trinajstić information content (AvgIpc) is 2.20. The van der Waals surface area contributed by atoms with Crippen LogP contribution in [0.25, 0.3) is 0 Å². The Labute approximate surface area is 86.6 Å². The summed E-state index contributed by atoms with van der Waals surface area (Å²) in [4.78, 5) is 11.3. The maximum absolute atomic E-state index is 11.3. The van der Waals surface area contributed by atoms with E-state index in [2.05, 4.69) is 17.6 Å². The van der Waals surface area contributed by atoms with Crippen LogP contribution < -0.4 is 10.6 Å². The van der Waals surface area contributed by atoms with Crippen molar-refractivity contribution in [2.24, 2.45) is 5.92 Å². The second-order valence-corrected chi connectivity index (χ2v) is 4.46. The van der Waals surface area contributed by atoms with Gasteiger partial charge in [-0.1, -0.05) is 6.92 Å². The lowest BCUT2D eigenvalue weighted by Gasteiger charge is -2.29. The van der Waals surface area contributed by atoms with E-state index in [9.17, 15) is 4.79 Å². The van der Waals surface area contributed by atoms with E-state index < -0.39 is 0 Å². The van der Waals surface area contributed by atoms with Gasteiger partial charge in [-0.25, -0.2) is 0 Å². The molecule has 1 rings (SSSR count). The first-order chi connectivity index (χ1) is 6.63. The molecule has 2 N–H and O–H groups in total. The molecule has 0 radical (unpaired) electrons. The normalized spacial score (nSPS) is 29.6. The zero-order chi connectivity index (χ0) is 10.6. The van der Waals surface area contributed by atoms with Crippen molar-refractivity contribution in [3.63, 3.8) is 0 Å². The van der Waals surface area contributed by atoms with Crippen LogP contribution in [0.15, 0.2) is 0 Å². The van der Waals surface area contributed by atoms with Gasteiger partial charge in [0.15, 0.2) is 0 Å². The highest BCUT2D eigenvalue weighted by atomic mass is 16.2. The molecular formula is C11H22N2O. The van der Waals surface area contributed by atoms with Crippen molar-refractivity contribution < 1.29 is 4.79 Å². The van der Waals surface area contributed by atoms with Crippen molar-refractivity contribution in [2.45, 2.75) is 51.6 Å². The smallest absolute Gasteiger partial charge is 0.236 e. The van der Waals surface area contributed by atoms with Gasteiger partial charge in [0.1, 0.15) is 0 Å². The van der Waals surface area contributed by atoms with Crippen molar-refractivity contribution in [3.8, 4) is 0 Å². The number of hydrogen-bond donors (Lipinski definition) is 2. The summed E-state index contributed by atoms with van der Waals surface area (Å²) in [6.45, 7) is 4.23. The Morgan fingerprint density at radius 1 is 1.29 bits per heavy atom. The SMILES string of the molecule is CNC(=O)[C@@H](C)NC1CCC(C)CC1. The first kappa shape index (κ1) is 11.5. The van der Waals surface area contributed by atoms with Crippen molar-refractivity contribution in [1.82, 2.24) is 10.6 Å². The summed E-state index contributed by atoms with van der Waals surface area (Å²) in [5, 5.41) is 6.04. The molecule has 1 saturated carbocycles. The molecule has 0 aromatic rings. The van der Waals surface area contributed by atoms with Crippen molar-refractivity contribution in [1.29, 1.82) is 0 Å². The zero-order valence-corrected chi connectivity index (χ0v) is 9.47. The second kappa shape index (κ2) is 5.35. The highest BCUT2D eigenvalue weighted by molar-refractivity contribution is 5.80. The van der Waals surface area contributed by atoms with E-state index in [1.165, 1.54) is 25.7 Å². The summed E-state index contributed by atoms with van der Waals surface area (Å²) in [6.07, 6.45) is 5.00. The Morgan fingerprint density at radius 3 is 2.36 bits per heavy atom. The minimum atomic E-state index is -0.0570. The van der Waals surface area contributed by atoms with Crippen LogP contribution in [0.1, 0.15) is 39.5 Å². The number of hydrogen-bond acceptors (Lipinski definition) is 2. The lowest BCUT2D eigenvalue weighted by molar-refractivity contribution is -0.122. The van der Waals surface area contributed by atoms with E-state index in [1.54, 1.807) is 7.05 Å². The highest BCUT2D eigenvalue weighted by Gasteiger charge is 2.21. The largest absolute Gasteiger partial charge is 0.358 e. The third kappa shape index (κ3) is 3.29. The molecular weight excluding hydrogens is 176 g/mol. The Morgan fingerprint density at radius 2 is 1.86 bits per heavy atom. The molecule has 1 fully saturated rings. The standard InChI is InChI=1S/C11H22N2O/c1-8-4-6-10(7-5-8)13-9(2)11(14)12-3/h8-10,13H,4-7H2,1-3H3,(H,12,14)/t8?,9-,10?/m1/s1. The molecule has 3 heteroatoms. The quantitative estimate of drug-likeness (QED) is 0.717. The van der Waals surface area contributed by atoms with Gasteiger partial charge >= 0.3 is 0 Å². The number of rotatable bonds is 3. The van der Waals surface area contributed by atoms with Gasteiger partial charge < -0.3 is 10.6 Å². The molecule has 0 aliphatic heterocycles. The van der Waals surface area contributed by atoms with Crippen LogP contribution in [0.2, 0.25) is 0 Å². The van der Waals surface area contributed by atoms with Crippen LogP contribution in [0, 0.1) is 5.92 Å². The van der Waals surface area contributed by atoms with Crippen LogP contribution >= 0.6 is 0 Å². The van der Waals surface area contributed by atoms with E-state index in [-0.39, 0.29) is 11.9 Å². The molecule has 0 saturated heterocycles. The van der Waals surface area contributed by atoms with E-state index in [0.717, 1.165) is 5.92 Å². The molecule has 14 heavy (non-hydrogen) atoms. The summed E-state index contributed by atoms with van der Waals surface area (Å²) in [5.74, 6) is 0.951. The molecule has 0 unspecified atom stereocenters. The van der Waals surface area contributed by atoms with Gasteiger partial charge in [-0.2, -0.15) is 0 Å². The maximum atomic E-state index is 11.3. The molecule has 0 spiro atoms. The van der Waals surface area contributed by atoms with Gasteiger partial charge in [0.2, 0.25) is 5.91 Å². The highest BCUT2D eigenvalue weighted by Crippen LogP contribution is 2.23. The number of carbonyl (C=O) groups is 1. The van der Waals surface area contributed by atoms with Crippen molar-refractivity contribution in [2.75, 3.05) is 7.05 Å². The topological polar surface area (TPSA) is 41.1 Å². The van der Waals surface area contributed by atoms with Gasteiger partial charge in [0.25, 0.3) is 0 Å². The Bertz CT molecular complexity index is 186. The molecule has 1 atom stereocenters. The maximum Gasteiger partial charge on any atom is 0.236 e. The van der Waals surface area contributed by atoms with Gasteiger partial charge in [0.05, 0.1) is 6.04 Å². The molecule has 0 aromatic heterocycles. The number of amides is 1. The lowest BCUT2D eigenvalue weighted by Crippen LogP contribution is -2.46. The summed E-state index contributed by atoms with van der Waals surface area (Å²) in [5.41, 5.74) is 0. The van der Waals surface area contributed by atoms with Crippen LogP contribution in [0.3, 0.4) is 0 Å². The van der Waals surface area contributed by atoms with Crippen LogP contribution in [-0.4, -0.2) is 25.0 Å². The van der Waals surface area contributed by atoms with Gasteiger partial charge in [-0.15, -0.1) is 0 Å². The lowest BCUT2D eigenvalue weighted by atomic mass is 9.87. The minimum absolute atomic E-state index is 0.0570. The number of likely N-dealkylation sites (N-methyl/N-ethyl adjacent to an activating group) is 1. The molecule has 1 aliphatic carbocycles. The fraction of sp³-hybridized carbons (Fsp3) is 0.909. The monoisotopic (exact) mass is 198 g/mol. The molecule has 0 heterocycles. The fourth-order valence-corrected chi connectivity index (χ4v) is 2.07. The Hall–Kier alpha value is -0.570. The van der Waals surface area contributed by atoms with Gasteiger partial charge in [-0.05, 0) is 38.5 Å². The summed E-state index contributed by atoms with van der Waals surface area (Å²) < 4.78 is 0. The van der Waals surface area contributed by atoms with E-state index in [1.807, 2.05) is 6.92 Å².